The van der Waals surface area contributed by atoms with E-state index >= 15 is 0 Å². The van der Waals surface area contributed by atoms with Crippen LogP contribution in [0.4, 0.5) is 0 Å². The molecule has 0 saturated heterocycles. The minimum atomic E-state index is -0.190. The zero-order chi connectivity index (χ0) is 11.3. The molecule has 0 aliphatic carbocycles. The van der Waals surface area contributed by atoms with Gasteiger partial charge in [0, 0.05) is 0 Å². The van der Waals surface area contributed by atoms with Crippen LogP contribution in [0.25, 0.3) is 0 Å². The molecule has 78 valence electrons. The van der Waals surface area contributed by atoms with Crippen LogP contribution in [0.2, 0.25) is 0 Å². The molecule has 0 aliphatic heterocycles. The van der Waals surface area contributed by atoms with Gasteiger partial charge in [0.05, 0.1) is 24.7 Å². The number of aryl methyl sites for hydroxylation is 1. The highest BCUT2D eigenvalue weighted by Gasteiger charge is 2.11. The SMILES string of the molecule is CCOc1ccc(C)cc1C(=O)CC#N. The van der Waals surface area contributed by atoms with Crippen LogP contribution in [0.15, 0.2) is 18.2 Å². The second-order valence-electron chi connectivity index (χ2n) is 3.19. The van der Waals surface area contributed by atoms with Crippen molar-refractivity contribution in [2.75, 3.05) is 6.61 Å². The van der Waals surface area contributed by atoms with Crippen LogP contribution in [0.5, 0.6) is 5.75 Å². The van der Waals surface area contributed by atoms with Gasteiger partial charge in [-0.2, -0.15) is 5.26 Å². The third-order valence-corrected chi connectivity index (χ3v) is 1.97. The first kappa shape index (κ1) is 11.3. The largest absolute Gasteiger partial charge is 0.493 e. The zero-order valence-corrected chi connectivity index (χ0v) is 8.91. The van der Waals surface area contributed by atoms with Gasteiger partial charge in [-0.25, -0.2) is 0 Å². The van der Waals surface area contributed by atoms with Gasteiger partial charge in [-0.15, -0.1) is 0 Å². The van der Waals surface area contributed by atoms with Crippen LogP contribution < -0.4 is 4.74 Å². The minimum Gasteiger partial charge on any atom is -0.493 e. The summed E-state index contributed by atoms with van der Waals surface area (Å²) in [4.78, 5) is 11.6. The molecule has 3 heteroatoms. The number of nitriles is 1. The van der Waals surface area contributed by atoms with Crippen molar-refractivity contribution in [1.29, 1.82) is 5.26 Å². The molecule has 1 aromatic carbocycles. The first-order valence-electron chi connectivity index (χ1n) is 4.82. The fourth-order valence-corrected chi connectivity index (χ4v) is 1.31. The summed E-state index contributed by atoms with van der Waals surface area (Å²) in [6.07, 6.45) is -0.108. The van der Waals surface area contributed by atoms with Crippen LogP contribution in [0.1, 0.15) is 29.3 Å². The number of nitrogens with zero attached hydrogens (tertiary/aromatic N) is 1. The summed E-state index contributed by atoms with van der Waals surface area (Å²) in [5.74, 6) is 0.369. The summed E-state index contributed by atoms with van der Waals surface area (Å²) in [5, 5.41) is 8.48. The van der Waals surface area contributed by atoms with E-state index in [2.05, 4.69) is 0 Å². The van der Waals surface area contributed by atoms with Crippen molar-refractivity contribution in [1.82, 2.24) is 0 Å². The van der Waals surface area contributed by atoms with Crippen LogP contribution in [-0.2, 0) is 0 Å². The van der Waals surface area contributed by atoms with E-state index in [1.807, 2.05) is 26.0 Å². The molecule has 0 aliphatic rings. The first-order chi connectivity index (χ1) is 7.19. The summed E-state index contributed by atoms with van der Waals surface area (Å²) in [6, 6.07) is 7.25. The second kappa shape index (κ2) is 5.16. The monoisotopic (exact) mass is 203 g/mol. The molecular weight excluding hydrogens is 190 g/mol. The van der Waals surface area contributed by atoms with E-state index in [9.17, 15) is 4.79 Å². The van der Waals surface area contributed by atoms with Crippen LogP contribution >= 0.6 is 0 Å². The predicted octanol–water partition coefficient (Wildman–Crippen LogP) is 2.49. The van der Waals surface area contributed by atoms with E-state index in [0.29, 0.717) is 17.9 Å². The maximum absolute atomic E-state index is 11.6. The molecular formula is C12H13NO2. The van der Waals surface area contributed by atoms with E-state index < -0.39 is 0 Å². The van der Waals surface area contributed by atoms with Crippen molar-refractivity contribution in [3.63, 3.8) is 0 Å². The van der Waals surface area contributed by atoms with E-state index in [0.717, 1.165) is 5.56 Å². The molecule has 0 aromatic heterocycles. The molecule has 0 atom stereocenters. The summed E-state index contributed by atoms with van der Waals surface area (Å²) in [5.41, 5.74) is 1.48. The molecule has 3 nitrogen and oxygen atoms in total. The number of rotatable bonds is 4. The number of hydrogen-bond acceptors (Lipinski definition) is 3. The Balaban J connectivity index is 3.07. The molecule has 1 rings (SSSR count). The van der Waals surface area contributed by atoms with Gasteiger partial charge in [0.15, 0.2) is 5.78 Å². The van der Waals surface area contributed by atoms with Crippen LogP contribution in [-0.4, -0.2) is 12.4 Å². The average Bonchev–Trinajstić information content (AvgIpc) is 2.21. The summed E-state index contributed by atoms with van der Waals surface area (Å²) < 4.78 is 5.33. The highest BCUT2D eigenvalue weighted by molar-refractivity contribution is 6.00. The second-order valence-corrected chi connectivity index (χ2v) is 3.19. The van der Waals surface area contributed by atoms with Gasteiger partial charge >= 0.3 is 0 Å². The Kier molecular flexibility index (Phi) is 3.87. The Morgan fingerprint density at radius 3 is 2.87 bits per heavy atom. The lowest BCUT2D eigenvalue weighted by molar-refractivity contribution is 0.0994. The van der Waals surface area contributed by atoms with Crippen molar-refractivity contribution < 1.29 is 9.53 Å². The molecule has 0 radical (unpaired) electrons. The third kappa shape index (κ3) is 2.81. The zero-order valence-electron chi connectivity index (χ0n) is 8.91. The first-order valence-corrected chi connectivity index (χ1v) is 4.82. The third-order valence-electron chi connectivity index (χ3n) is 1.97. The molecule has 0 heterocycles. The fourth-order valence-electron chi connectivity index (χ4n) is 1.31. The molecule has 0 amide bonds. The van der Waals surface area contributed by atoms with Crippen molar-refractivity contribution in [2.45, 2.75) is 20.3 Å². The van der Waals surface area contributed by atoms with Crippen molar-refractivity contribution in [3.05, 3.63) is 29.3 Å². The van der Waals surface area contributed by atoms with Crippen molar-refractivity contribution >= 4 is 5.78 Å². The Labute approximate surface area is 89.3 Å². The normalized spacial score (nSPS) is 9.40. The average molecular weight is 203 g/mol. The smallest absolute Gasteiger partial charge is 0.180 e. The lowest BCUT2D eigenvalue weighted by Gasteiger charge is -2.08. The lowest BCUT2D eigenvalue weighted by Crippen LogP contribution is -2.03. The molecule has 0 saturated carbocycles. The van der Waals surface area contributed by atoms with Gasteiger partial charge in [0.25, 0.3) is 0 Å². The number of benzene rings is 1. The maximum Gasteiger partial charge on any atom is 0.180 e. The van der Waals surface area contributed by atoms with Crippen molar-refractivity contribution in [3.8, 4) is 11.8 Å². The molecule has 0 spiro atoms. The number of carbonyl (C=O) groups is 1. The van der Waals surface area contributed by atoms with Gasteiger partial charge < -0.3 is 4.74 Å². The topological polar surface area (TPSA) is 50.1 Å². The van der Waals surface area contributed by atoms with E-state index in [-0.39, 0.29) is 12.2 Å². The number of ketones is 1. The molecule has 1 aromatic rings. The number of carbonyl (C=O) groups excluding carboxylic acids is 1. The molecule has 0 bridgehead atoms. The highest BCUT2D eigenvalue weighted by Crippen LogP contribution is 2.21. The van der Waals surface area contributed by atoms with Gasteiger partial charge in [-0.05, 0) is 26.0 Å². The fraction of sp³-hybridized carbons (Fsp3) is 0.333. The quantitative estimate of drug-likeness (QED) is 0.706. The van der Waals surface area contributed by atoms with Gasteiger partial charge in [-0.1, -0.05) is 11.6 Å². The summed E-state index contributed by atoms with van der Waals surface area (Å²) in [7, 11) is 0. The predicted molar refractivity (Wildman–Crippen MR) is 56.9 cm³/mol. The van der Waals surface area contributed by atoms with Crippen LogP contribution in [0.3, 0.4) is 0 Å². The van der Waals surface area contributed by atoms with Gasteiger partial charge in [-0.3, -0.25) is 4.79 Å². The van der Waals surface area contributed by atoms with Gasteiger partial charge in [0.2, 0.25) is 0 Å². The number of hydrogen-bond donors (Lipinski definition) is 0. The Morgan fingerprint density at radius 1 is 1.53 bits per heavy atom. The van der Waals surface area contributed by atoms with E-state index in [1.165, 1.54) is 0 Å². The summed E-state index contributed by atoms with van der Waals surface area (Å²) >= 11 is 0. The van der Waals surface area contributed by atoms with Crippen molar-refractivity contribution in [2.24, 2.45) is 0 Å². The number of Topliss-reactive ketones (excluding diaryl/α,β-unsaturated/α-hetero) is 1. The minimum absolute atomic E-state index is 0.108. The maximum atomic E-state index is 11.6. The standard InChI is InChI=1S/C12H13NO2/c1-3-15-12-5-4-9(2)8-10(12)11(14)6-7-13/h4-5,8H,3,6H2,1-2H3. The summed E-state index contributed by atoms with van der Waals surface area (Å²) in [6.45, 7) is 4.27. The Hall–Kier alpha value is -1.82. The molecule has 0 fully saturated rings. The highest BCUT2D eigenvalue weighted by atomic mass is 16.5. The molecule has 0 unspecified atom stereocenters. The molecule has 0 N–H and O–H groups in total. The van der Waals surface area contributed by atoms with E-state index in [1.54, 1.807) is 12.1 Å². The van der Waals surface area contributed by atoms with Gasteiger partial charge in [0.1, 0.15) is 5.75 Å². The lowest BCUT2D eigenvalue weighted by atomic mass is 10.0. The van der Waals surface area contributed by atoms with E-state index in [4.69, 9.17) is 10.00 Å². The Morgan fingerprint density at radius 2 is 2.27 bits per heavy atom. The Bertz CT molecular complexity index is 405. The number of ether oxygens (including phenoxy) is 1. The molecule has 15 heavy (non-hydrogen) atoms. The van der Waals surface area contributed by atoms with Crippen LogP contribution in [0, 0.1) is 18.3 Å².